The lowest BCUT2D eigenvalue weighted by atomic mass is 10.1. The molecule has 0 saturated heterocycles. The molecule has 1 unspecified atom stereocenters. The van der Waals surface area contributed by atoms with Crippen LogP contribution in [0.2, 0.25) is 5.02 Å². The molecule has 0 amide bonds. The molecule has 1 aromatic heterocycles. The van der Waals surface area contributed by atoms with Gasteiger partial charge in [0.2, 0.25) is 0 Å². The Labute approximate surface area is 104 Å². The minimum absolute atomic E-state index is 0.332. The minimum atomic E-state index is -0.408. The summed E-state index contributed by atoms with van der Waals surface area (Å²) in [6, 6.07) is 4.38. The number of benzene rings is 1. The average molecular weight is 254 g/mol. The lowest BCUT2D eigenvalue weighted by Gasteiger charge is -2.13. The van der Waals surface area contributed by atoms with Crippen LogP contribution in [0, 0.1) is 12.7 Å². The highest BCUT2D eigenvalue weighted by Crippen LogP contribution is 2.24. The van der Waals surface area contributed by atoms with Crippen LogP contribution in [0.4, 0.5) is 4.39 Å². The topological polar surface area (TPSA) is 43.8 Å². The maximum atomic E-state index is 13.7. The number of rotatable bonds is 2. The second kappa shape index (κ2) is 4.47. The summed E-state index contributed by atoms with van der Waals surface area (Å²) in [5.41, 5.74) is 7.54. The van der Waals surface area contributed by atoms with E-state index in [1.165, 1.54) is 6.07 Å². The Hall–Kier alpha value is -1.39. The third kappa shape index (κ3) is 2.18. The Balaban J connectivity index is 2.63. The number of nitrogens with zero attached hydrogens (tertiary/aromatic N) is 2. The van der Waals surface area contributed by atoms with Crippen molar-refractivity contribution in [2.75, 3.05) is 0 Å². The van der Waals surface area contributed by atoms with Crippen molar-refractivity contribution in [3.05, 3.63) is 46.5 Å². The third-order valence-electron chi connectivity index (χ3n) is 2.57. The van der Waals surface area contributed by atoms with Crippen molar-refractivity contribution in [3.8, 4) is 5.69 Å². The molecule has 5 heteroatoms. The van der Waals surface area contributed by atoms with Gasteiger partial charge in [-0.1, -0.05) is 17.7 Å². The number of halogens is 2. The fourth-order valence-electron chi connectivity index (χ4n) is 1.74. The molecule has 17 heavy (non-hydrogen) atoms. The standard InChI is InChI=1S/C12H13ClFN3/c1-7(15)12-10(14)4-3-5-11(12)17-6-9(13)8(2)16-17/h3-7H,15H2,1-2H3. The molecule has 90 valence electrons. The number of nitrogens with two attached hydrogens (primary N) is 1. The van der Waals surface area contributed by atoms with Crippen molar-refractivity contribution in [2.45, 2.75) is 19.9 Å². The van der Waals surface area contributed by atoms with Gasteiger partial charge in [-0.05, 0) is 26.0 Å². The van der Waals surface area contributed by atoms with Gasteiger partial charge in [0.15, 0.2) is 0 Å². The lowest BCUT2D eigenvalue weighted by molar-refractivity contribution is 0.589. The largest absolute Gasteiger partial charge is 0.324 e. The third-order valence-corrected chi connectivity index (χ3v) is 2.94. The molecular formula is C12H13ClFN3. The Morgan fingerprint density at radius 1 is 1.47 bits per heavy atom. The molecule has 1 heterocycles. The summed E-state index contributed by atoms with van der Waals surface area (Å²) in [5.74, 6) is -0.332. The van der Waals surface area contributed by atoms with E-state index in [-0.39, 0.29) is 5.82 Å². The van der Waals surface area contributed by atoms with Gasteiger partial charge in [0.1, 0.15) is 5.82 Å². The molecule has 0 aliphatic heterocycles. The normalized spacial score (nSPS) is 12.8. The first-order chi connectivity index (χ1) is 8.00. The summed E-state index contributed by atoms with van der Waals surface area (Å²) >= 11 is 5.94. The molecule has 1 aromatic carbocycles. The quantitative estimate of drug-likeness (QED) is 0.894. The van der Waals surface area contributed by atoms with Gasteiger partial charge in [0.05, 0.1) is 16.4 Å². The molecule has 2 rings (SSSR count). The summed E-state index contributed by atoms with van der Waals surface area (Å²) < 4.78 is 15.3. The van der Waals surface area contributed by atoms with E-state index in [0.717, 1.165) is 0 Å². The average Bonchev–Trinajstić information content (AvgIpc) is 2.58. The van der Waals surface area contributed by atoms with Crippen LogP contribution in [0.1, 0.15) is 24.2 Å². The number of aryl methyl sites for hydroxylation is 1. The van der Waals surface area contributed by atoms with Crippen molar-refractivity contribution < 1.29 is 4.39 Å². The summed E-state index contributed by atoms with van der Waals surface area (Å²) in [5, 5.41) is 4.77. The van der Waals surface area contributed by atoms with Crippen LogP contribution < -0.4 is 5.73 Å². The second-order valence-electron chi connectivity index (χ2n) is 3.97. The lowest BCUT2D eigenvalue weighted by Crippen LogP contribution is -2.12. The number of hydrogen-bond acceptors (Lipinski definition) is 2. The van der Waals surface area contributed by atoms with E-state index >= 15 is 0 Å². The zero-order chi connectivity index (χ0) is 12.6. The molecule has 0 saturated carbocycles. The van der Waals surface area contributed by atoms with Gasteiger partial charge < -0.3 is 5.73 Å². The van der Waals surface area contributed by atoms with E-state index in [4.69, 9.17) is 17.3 Å². The van der Waals surface area contributed by atoms with Gasteiger partial charge in [0, 0.05) is 17.8 Å². The van der Waals surface area contributed by atoms with Crippen molar-refractivity contribution in [1.82, 2.24) is 9.78 Å². The fourth-order valence-corrected chi connectivity index (χ4v) is 1.87. The Morgan fingerprint density at radius 2 is 2.18 bits per heavy atom. The molecule has 3 nitrogen and oxygen atoms in total. The molecule has 0 radical (unpaired) electrons. The first-order valence-electron chi connectivity index (χ1n) is 5.27. The highest BCUT2D eigenvalue weighted by molar-refractivity contribution is 6.31. The maximum absolute atomic E-state index is 13.7. The van der Waals surface area contributed by atoms with Crippen molar-refractivity contribution >= 4 is 11.6 Å². The van der Waals surface area contributed by atoms with Crippen molar-refractivity contribution in [2.24, 2.45) is 5.73 Å². The van der Waals surface area contributed by atoms with Crippen LogP contribution in [0.25, 0.3) is 5.69 Å². The highest BCUT2D eigenvalue weighted by atomic mass is 35.5. The molecule has 0 aliphatic rings. The fraction of sp³-hybridized carbons (Fsp3) is 0.250. The zero-order valence-corrected chi connectivity index (χ0v) is 10.4. The summed E-state index contributed by atoms with van der Waals surface area (Å²) in [4.78, 5) is 0. The molecule has 2 N–H and O–H groups in total. The van der Waals surface area contributed by atoms with Gasteiger partial charge >= 0.3 is 0 Å². The Bertz CT molecular complexity index is 529. The van der Waals surface area contributed by atoms with E-state index in [9.17, 15) is 4.39 Å². The summed E-state index contributed by atoms with van der Waals surface area (Å²) in [6.45, 7) is 3.53. The molecule has 0 bridgehead atoms. The van der Waals surface area contributed by atoms with Crippen LogP contribution in [-0.4, -0.2) is 9.78 Å². The number of hydrogen-bond donors (Lipinski definition) is 1. The van der Waals surface area contributed by atoms with E-state index in [2.05, 4.69) is 5.10 Å². The SMILES string of the molecule is Cc1nn(-c2cccc(F)c2C(C)N)cc1Cl. The molecule has 0 aliphatic carbocycles. The minimum Gasteiger partial charge on any atom is -0.324 e. The second-order valence-corrected chi connectivity index (χ2v) is 4.38. The van der Waals surface area contributed by atoms with E-state index in [0.29, 0.717) is 22.0 Å². The molecule has 2 aromatic rings. The van der Waals surface area contributed by atoms with Gasteiger partial charge in [0.25, 0.3) is 0 Å². The predicted molar refractivity (Wildman–Crippen MR) is 65.9 cm³/mol. The Kier molecular flexibility index (Phi) is 3.17. The van der Waals surface area contributed by atoms with Crippen LogP contribution in [0.3, 0.4) is 0 Å². The zero-order valence-electron chi connectivity index (χ0n) is 9.61. The van der Waals surface area contributed by atoms with Crippen molar-refractivity contribution in [1.29, 1.82) is 0 Å². The first-order valence-corrected chi connectivity index (χ1v) is 5.64. The van der Waals surface area contributed by atoms with Crippen molar-refractivity contribution in [3.63, 3.8) is 0 Å². The highest BCUT2D eigenvalue weighted by Gasteiger charge is 2.15. The summed E-state index contributed by atoms with van der Waals surface area (Å²) in [7, 11) is 0. The maximum Gasteiger partial charge on any atom is 0.130 e. The van der Waals surface area contributed by atoms with Crippen LogP contribution >= 0.6 is 11.6 Å². The van der Waals surface area contributed by atoms with E-state index in [1.54, 1.807) is 36.9 Å². The Morgan fingerprint density at radius 3 is 2.71 bits per heavy atom. The smallest absolute Gasteiger partial charge is 0.130 e. The van der Waals surface area contributed by atoms with Crippen LogP contribution in [-0.2, 0) is 0 Å². The van der Waals surface area contributed by atoms with Gasteiger partial charge in [-0.3, -0.25) is 0 Å². The van der Waals surface area contributed by atoms with Gasteiger partial charge in [-0.2, -0.15) is 5.10 Å². The first kappa shape index (κ1) is 12.1. The van der Waals surface area contributed by atoms with E-state index < -0.39 is 6.04 Å². The molecule has 0 spiro atoms. The van der Waals surface area contributed by atoms with Crippen LogP contribution in [0.15, 0.2) is 24.4 Å². The van der Waals surface area contributed by atoms with Gasteiger partial charge in [-0.15, -0.1) is 0 Å². The molecule has 1 atom stereocenters. The summed E-state index contributed by atoms with van der Waals surface area (Å²) in [6.07, 6.45) is 1.65. The molecular weight excluding hydrogens is 241 g/mol. The van der Waals surface area contributed by atoms with Gasteiger partial charge in [-0.25, -0.2) is 9.07 Å². The monoisotopic (exact) mass is 253 g/mol. The molecule has 0 fully saturated rings. The predicted octanol–water partition coefficient (Wildman–Crippen LogP) is 2.99. The number of aromatic nitrogens is 2. The van der Waals surface area contributed by atoms with Crippen LogP contribution in [0.5, 0.6) is 0 Å². The van der Waals surface area contributed by atoms with E-state index in [1.807, 2.05) is 0 Å².